The fourth-order valence-corrected chi connectivity index (χ4v) is 2.16. The van der Waals surface area contributed by atoms with Gasteiger partial charge in [-0.15, -0.1) is 0 Å². The zero-order valence-electron chi connectivity index (χ0n) is 8.09. The number of nitrogens with one attached hydrogen (secondary N) is 1. The summed E-state index contributed by atoms with van der Waals surface area (Å²) in [6.07, 6.45) is 8.34. The van der Waals surface area contributed by atoms with Crippen molar-refractivity contribution in [1.82, 2.24) is 0 Å². The third-order valence-electron chi connectivity index (χ3n) is 2.90. The zero-order chi connectivity index (χ0) is 9.38. The molecule has 1 heterocycles. The van der Waals surface area contributed by atoms with E-state index in [0.717, 1.165) is 0 Å². The Kier molecular flexibility index (Phi) is 1.69. The number of benzene rings is 1. The van der Waals surface area contributed by atoms with Crippen LogP contribution < -0.4 is 5.32 Å². The fourth-order valence-electron chi connectivity index (χ4n) is 2.16. The molecule has 0 atom stereocenters. The van der Waals surface area contributed by atoms with Crippen molar-refractivity contribution in [2.24, 2.45) is 0 Å². The molecule has 1 aliphatic heterocycles. The molecule has 3 rings (SSSR count). The summed E-state index contributed by atoms with van der Waals surface area (Å²) >= 11 is 0. The third kappa shape index (κ3) is 1.17. The molecule has 0 bridgehead atoms. The maximum absolute atomic E-state index is 3.49. The van der Waals surface area contributed by atoms with E-state index >= 15 is 0 Å². The van der Waals surface area contributed by atoms with Gasteiger partial charge >= 0.3 is 0 Å². The third-order valence-corrected chi connectivity index (χ3v) is 2.90. The molecule has 1 aromatic rings. The van der Waals surface area contributed by atoms with Gasteiger partial charge in [0.1, 0.15) is 0 Å². The van der Waals surface area contributed by atoms with Crippen LogP contribution in [0.15, 0.2) is 41.6 Å². The molecule has 1 aromatic carbocycles. The highest BCUT2D eigenvalue weighted by Gasteiger charge is 2.15. The summed E-state index contributed by atoms with van der Waals surface area (Å²) < 4.78 is 0. The molecular weight excluding hydrogens is 170 g/mol. The van der Waals surface area contributed by atoms with E-state index in [-0.39, 0.29) is 0 Å². The van der Waals surface area contributed by atoms with E-state index in [4.69, 9.17) is 0 Å². The molecule has 0 radical (unpaired) electrons. The Bertz CT molecular complexity index is 427. The molecule has 0 aromatic heterocycles. The normalized spacial score (nSPS) is 18.6. The van der Waals surface area contributed by atoms with Gasteiger partial charge in [-0.2, -0.15) is 0 Å². The van der Waals surface area contributed by atoms with Crippen LogP contribution in [0.2, 0.25) is 0 Å². The van der Waals surface area contributed by atoms with Crippen LogP contribution in [0.1, 0.15) is 24.8 Å². The van der Waals surface area contributed by atoms with E-state index in [1.54, 1.807) is 0 Å². The van der Waals surface area contributed by atoms with Gasteiger partial charge in [0.15, 0.2) is 0 Å². The lowest BCUT2D eigenvalue weighted by atomic mass is 9.93. The van der Waals surface area contributed by atoms with Gasteiger partial charge in [-0.1, -0.05) is 24.3 Å². The number of hydrogen-bond acceptors (Lipinski definition) is 1. The van der Waals surface area contributed by atoms with Crippen molar-refractivity contribution >= 4 is 11.8 Å². The molecule has 1 heteroatoms. The van der Waals surface area contributed by atoms with Crippen molar-refractivity contribution in [1.29, 1.82) is 0 Å². The number of anilines is 1. The van der Waals surface area contributed by atoms with E-state index < -0.39 is 0 Å². The number of hydrogen-bond donors (Lipinski definition) is 1. The molecule has 1 aliphatic carbocycles. The highest BCUT2D eigenvalue weighted by Crippen LogP contribution is 2.33. The van der Waals surface area contributed by atoms with Crippen molar-refractivity contribution in [2.45, 2.75) is 19.3 Å². The van der Waals surface area contributed by atoms with Gasteiger partial charge < -0.3 is 5.32 Å². The van der Waals surface area contributed by atoms with Crippen LogP contribution in [-0.4, -0.2) is 0 Å². The Hall–Kier alpha value is -1.50. The molecular formula is C13H13N. The first-order valence-electron chi connectivity index (χ1n) is 5.21. The van der Waals surface area contributed by atoms with E-state index in [1.807, 2.05) is 0 Å². The summed E-state index contributed by atoms with van der Waals surface area (Å²) in [6, 6.07) is 8.47. The second kappa shape index (κ2) is 3.02. The minimum absolute atomic E-state index is 1.21. The Labute approximate surface area is 84.1 Å². The summed E-state index contributed by atoms with van der Waals surface area (Å²) in [7, 11) is 0. The molecule has 0 amide bonds. The standard InChI is InChI=1S/C13H13N/c1-3-7-12-10(5-1)9-11-6-2-4-8-13(11)14-12/h1,3,5,7-9,14H,2,4,6H2. The van der Waals surface area contributed by atoms with Gasteiger partial charge in [-0.05, 0) is 42.5 Å². The van der Waals surface area contributed by atoms with Crippen molar-refractivity contribution in [3.8, 4) is 0 Å². The predicted molar refractivity (Wildman–Crippen MR) is 60.0 cm³/mol. The molecule has 0 saturated heterocycles. The summed E-state index contributed by atoms with van der Waals surface area (Å²) in [5.41, 5.74) is 5.36. The molecule has 70 valence electrons. The van der Waals surface area contributed by atoms with Gasteiger partial charge in [-0.3, -0.25) is 0 Å². The lowest BCUT2D eigenvalue weighted by Gasteiger charge is -2.24. The number of rotatable bonds is 0. The molecule has 0 spiro atoms. The van der Waals surface area contributed by atoms with Crippen molar-refractivity contribution in [3.05, 3.63) is 47.2 Å². The quantitative estimate of drug-likeness (QED) is 0.648. The average Bonchev–Trinajstić information content (AvgIpc) is 2.26. The van der Waals surface area contributed by atoms with Crippen LogP contribution in [0.3, 0.4) is 0 Å². The van der Waals surface area contributed by atoms with Crippen LogP contribution in [0, 0.1) is 0 Å². The summed E-state index contributed by atoms with van der Waals surface area (Å²) in [4.78, 5) is 0. The molecule has 1 N–H and O–H groups in total. The number of allylic oxidation sites excluding steroid dienone is 2. The first-order chi connectivity index (χ1) is 6.93. The van der Waals surface area contributed by atoms with Crippen LogP contribution in [0.25, 0.3) is 6.08 Å². The van der Waals surface area contributed by atoms with E-state index in [1.165, 1.54) is 41.8 Å². The maximum atomic E-state index is 3.49. The highest BCUT2D eigenvalue weighted by atomic mass is 14.9. The van der Waals surface area contributed by atoms with Crippen LogP contribution in [-0.2, 0) is 0 Å². The lowest BCUT2D eigenvalue weighted by Crippen LogP contribution is -2.11. The van der Waals surface area contributed by atoms with Crippen molar-refractivity contribution in [2.75, 3.05) is 5.32 Å². The Balaban J connectivity index is 2.13. The Morgan fingerprint density at radius 3 is 3.07 bits per heavy atom. The van der Waals surface area contributed by atoms with Gasteiger partial charge in [0, 0.05) is 11.4 Å². The number of para-hydroxylation sites is 1. The van der Waals surface area contributed by atoms with Crippen LogP contribution >= 0.6 is 0 Å². The monoisotopic (exact) mass is 183 g/mol. The van der Waals surface area contributed by atoms with Crippen molar-refractivity contribution in [3.63, 3.8) is 0 Å². The molecule has 1 nitrogen and oxygen atoms in total. The first-order valence-corrected chi connectivity index (χ1v) is 5.21. The highest BCUT2D eigenvalue weighted by molar-refractivity contribution is 5.77. The lowest BCUT2D eigenvalue weighted by molar-refractivity contribution is 0.805. The minimum atomic E-state index is 1.21. The number of fused-ring (bicyclic) bond motifs is 2. The van der Waals surface area contributed by atoms with Crippen LogP contribution in [0.5, 0.6) is 0 Å². The Morgan fingerprint density at radius 2 is 2.07 bits per heavy atom. The van der Waals surface area contributed by atoms with Gasteiger partial charge in [0.25, 0.3) is 0 Å². The van der Waals surface area contributed by atoms with Crippen LogP contribution in [0.4, 0.5) is 5.69 Å². The van der Waals surface area contributed by atoms with E-state index in [0.29, 0.717) is 0 Å². The molecule has 0 saturated carbocycles. The minimum Gasteiger partial charge on any atom is -0.355 e. The second-order valence-electron chi connectivity index (χ2n) is 3.89. The maximum Gasteiger partial charge on any atom is 0.0457 e. The largest absolute Gasteiger partial charge is 0.355 e. The second-order valence-corrected chi connectivity index (χ2v) is 3.89. The zero-order valence-corrected chi connectivity index (χ0v) is 8.09. The SMILES string of the molecule is C1=C2CCCC=C2Nc2ccccc21. The molecule has 14 heavy (non-hydrogen) atoms. The summed E-state index contributed by atoms with van der Waals surface area (Å²) in [5, 5.41) is 3.49. The summed E-state index contributed by atoms with van der Waals surface area (Å²) in [5.74, 6) is 0. The van der Waals surface area contributed by atoms with Gasteiger partial charge in [0.2, 0.25) is 0 Å². The molecule has 0 unspecified atom stereocenters. The van der Waals surface area contributed by atoms with Gasteiger partial charge in [-0.25, -0.2) is 0 Å². The van der Waals surface area contributed by atoms with Gasteiger partial charge in [0.05, 0.1) is 0 Å². The summed E-state index contributed by atoms with van der Waals surface area (Å²) in [6.45, 7) is 0. The Morgan fingerprint density at radius 1 is 1.14 bits per heavy atom. The van der Waals surface area contributed by atoms with E-state index in [9.17, 15) is 0 Å². The predicted octanol–water partition coefficient (Wildman–Crippen LogP) is 3.56. The first kappa shape index (κ1) is 7.86. The molecule has 2 aliphatic rings. The fraction of sp³-hybridized carbons (Fsp3) is 0.231. The molecule has 0 fully saturated rings. The van der Waals surface area contributed by atoms with Crippen molar-refractivity contribution < 1.29 is 0 Å². The van der Waals surface area contributed by atoms with E-state index in [2.05, 4.69) is 41.7 Å². The smallest absolute Gasteiger partial charge is 0.0457 e. The average molecular weight is 183 g/mol. The topological polar surface area (TPSA) is 12.0 Å².